The molecule has 0 aliphatic rings. The second-order valence-corrected chi connectivity index (χ2v) is 8.51. The van der Waals surface area contributed by atoms with Crippen LogP contribution in [-0.4, -0.2) is 29.3 Å². The van der Waals surface area contributed by atoms with Crippen LogP contribution >= 0.6 is 11.6 Å². The lowest BCUT2D eigenvalue weighted by molar-refractivity contribution is -0.141. The van der Waals surface area contributed by atoms with Crippen LogP contribution in [0.15, 0.2) is 54.6 Å². The summed E-state index contributed by atoms with van der Waals surface area (Å²) in [6.45, 7) is 7.23. The molecule has 0 aliphatic heterocycles. The summed E-state index contributed by atoms with van der Waals surface area (Å²) in [5.74, 6) is 0.398. The number of nitrogens with zero attached hydrogens (tertiary/aromatic N) is 1. The van der Waals surface area contributed by atoms with E-state index in [1.165, 1.54) is 0 Å². The third-order valence-electron chi connectivity index (χ3n) is 5.02. The van der Waals surface area contributed by atoms with Crippen LogP contribution in [0.2, 0.25) is 5.02 Å². The number of amides is 2. The molecule has 0 aromatic heterocycles. The van der Waals surface area contributed by atoms with Gasteiger partial charge < -0.3 is 10.2 Å². The largest absolute Gasteiger partial charge is 0.354 e. The van der Waals surface area contributed by atoms with Crippen molar-refractivity contribution in [2.75, 3.05) is 6.54 Å². The van der Waals surface area contributed by atoms with Crippen molar-refractivity contribution in [2.24, 2.45) is 5.92 Å². The first-order valence-corrected chi connectivity index (χ1v) is 11.1. The molecule has 30 heavy (non-hydrogen) atoms. The molecular formula is C25H33ClN2O2. The van der Waals surface area contributed by atoms with Gasteiger partial charge in [-0.25, -0.2) is 0 Å². The molecule has 2 aromatic carbocycles. The van der Waals surface area contributed by atoms with Crippen molar-refractivity contribution < 1.29 is 9.59 Å². The van der Waals surface area contributed by atoms with E-state index in [2.05, 4.69) is 19.2 Å². The lowest BCUT2D eigenvalue weighted by Crippen LogP contribution is -2.50. The summed E-state index contributed by atoms with van der Waals surface area (Å²) in [6.07, 6.45) is 2.54. The molecule has 0 bridgehead atoms. The smallest absolute Gasteiger partial charge is 0.243 e. The van der Waals surface area contributed by atoms with Crippen molar-refractivity contribution >= 4 is 23.4 Å². The second-order valence-electron chi connectivity index (χ2n) is 8.08. The normalized spacial score (nSPS) is 11.9. The van der Waals surface area contributed by atoms with Crippen molar-refractivity contribution in [3.8, 4) is 0 Å². The molecule has 0 aliphatic carbocycles. The maximum Gasteiger partial charge on any atom is 0.243 e. The molecule has 1 atom stereocenters. The van der Waals surface area contributed by atoms with Crippen LogP contribution in [0.3, 0.4) is 0 Å². The second kappa shape index (κ2) is 12.4. The highest BCUT2D eigenvalue weighted by atomic mass is 35.5. The Hall–Kier alpha value is -2.33. The van der Waals surface area contributed by atoms with E-state index >= 15 is 0 Å². The van der Waals surface area contributed by atoms with Gasteiger partial charge in [0.1, 0.15) is 6.04 Å². The number of halogens is 1. The monoisotopic (exact) mass is 428 g/mol. The summed E-state index contributed by atoms with van der Waals surface area (Å²) in [7, 11) is 0. The summed E-state index contributed by atoms with van der Waals surface area (Å²) in [5, 5.41) is 3.70. The molecule has 2 aromatic rings. The molecule has 0 unspecified atom stereocenters. The molecule has 162 valence electrons. The van der Waals surface area contributed by atoms with Gasteiger partial charge in [-0.3, -0.25) is 9.59 Å². The molecule has 2 amide bonds. The fourth-order valence-electron chi connectivity index (χ4n) is 3.30. The summed E-state index contributed by atoms with van der Waals surface area (Å²) in [4.78, 5) is 28.0. The minimum Gasteiger partial charge on any atom is -0.354 e. The quantitative estimate of drug-likeness (QED) is 0.531. The third-order valence-corrected chi connectivity index (χ3v) is 5.27. The molecule has 0 fully saturated rings. The van der Waals surface area contributed by atoms with Crippen molar-refractivity contribution in [3.63, 3.8) is 0 Å². The molecule has 1 N–H and O–H groups in total. The first-order chi connectivity index (χ1) is 14.4. The lowest BCUT2D eigenvalue weighted by Gasteiger charge is -2.31. The molecular weight excluding hydrogens is 396 g/mol. The molecule has 0 heterocycles. The van der Waals surface area contributed by atoms with Crippen molar-refractivity contribution in [1.29, 1.82) is 0 Å². The van der Waals surface area contributed by atoms with E-state index in [0.717, 1.165) is 24.0 Å². The first kappa shape index (κ1) is 23.9. The first-order valence-electron chi connectivity index (χ1n) is 10.8. The zero-order valence-electron chi connectivity index (χ0n) is 18.2. The van der Waals surface area contributed by atoms with Crippen molar-refractivity contribution in [1.82, 2.24) is 10.2 Å². The molecule has 2 rings (SSSR count). The van der Waals surface area contributed by atoms with E-state index in [1.54, 1.807) is 4.90 Å². The average Bonchev–Trinajstić information content (AvgIpc) is 2.72. The van der Waals surface area contributed by atoms with E-state index in [4.69, 9.17) is 11.6 Å². The number of hydrogen-bond donors (Lipinski definition) is 1. The van der Waals surface area contributed by atoms with Gasteiger partial charge >= 0.3 is 0 Å². The Balaban J connectivity index is 2.29. The maximum atomic E-state index is 13.2. The number of rotatable bonds is 11. The molecule has 0 radical (unpaired) electrons. The molecule has 0 saturated heterocycles. The standard InChI is InChI=1S/C25H33ClN2O2/c1-4-8-24(29)28(18-21-11-13-22(26)14-12-21)23(17-20-9-6-5-7-10-20)25(30)27-16-15-19(2)3/h5-7,9-14,19,23H,4,8,15-18H2,1-3H3,(H,27,30)/t23-/m0/s1. The van der Waals surface area contributed by atoms with Gasteiger partial charge in [0.25, 0.3) is 0 Å². The highest BCUT2D eigenvalue weighted by Gasteiger charge is 2.29. The maximum absolute atomic E-state index is 13.2. The number of benzene rings is 2. The predicted octanol–water partition coefficient (Wildman–Crippen LogP) is 5.24. The van der Waals surface area contributed by atoms with Crippen LogP contribution < -0.4 is 5.32 Å². The Bertz CT molecular complexity index is 791. The van der Waals surface area contributed by atoms with Gasteiger partial charge in [0.2, 0.25) is 11.8 Å². The number of nitrogens with one attached hydrogen (secondary N) is 1. The van der Waals surface area contributed by atoms with Crippen LogP contribution in [0.25, 0.3) is 0 Å². The highest BCUT2D eigenvalue weighted by molar-refractivity contribution is 6.30. The summed E-state index contributed by atoms with van der Waals surface area (Å²) in [6, 6.07) is 16.8. The van der Waals surface area contributed by atoms with E-state index in [-0.39, 0.29) is 11.8 Å². The van der Waals surface area contributed by atoms with Crippen LogP contribution in [0.4, 0.5) is 0 Å². The summed E-state index contributed by atoms with van der Waals surface area (Å²) in [5.41, 5.74) is 1.99. The Morgan fingerprint density at radius 1 is 1.00 bits per heavy atom. The fourth-order valence-corrected chi connectivity index (χ4v) is 3.43. The van der Waals surface area contributed by atoms with Gasteiger partial charge in [-0.15, -0.1) is 0 Å². The van der Waals surface area contributed by atoms with E-state index < -0.39 is 6.04 Å². The Morgan fingerprint density at radius 2 is 1.67 bits per heavy atom. The molecule has 0 saturated carbocycles. The molecule has 5 heteroatoms. The van der Waals surface area contributed by atoms with Crippen LogP contribution in [0.1, 0.15) is 51.2 Å². The van der Waals surface area contributed by atoms with Gasteiger partial charge in [0, 0.05) is 31.0 Å². The van der Waals surface area contributed by atoms with E-state index in [0.29, 0.717) is 36.9 Å². The third kappa shape index (κ3) is 7.83. The van der Waals surface area contributed by atoms with Crippen LogP contribution in [0.5, 0.6) is 0 Å². The number of carbonyl (C=O) groups excluding carboxylic acids is 2. The van der Waals surface area contributed by atoms with Crippen LogP contribution in [-0.2, 0) is 22.6 Å². The minimum atomic E-state index is -0.561. The Morgan fingerprint density at radius 3 is 2.27 bits per heavy atom. The Kier molecular flexibility index (Phi) is 9.88. The lowest BCUT2D eigenvalue weighted by atomic mass is 10.0. The number of carbonyl (C=O) groups is 2. The highest BCUT2D eigenvalue weighted by Crippen LogP contribution is 2.18. The van der Waals surface area contributed by atoms with E-state index in [9.17, 15) is 9.59 Å². The van der Waals surface area contributed by atoms with E-state index in [1.807, 2.05) is 61.5 Å². The zero-order valence-corrected chi connectivity index (χ0v) is 19.0. The summed E-state index contributed by atoms with van der Waals surface area (Å²) >= 11 is 6.02. The number of hydrogen-bond acceptors (Lipinski definition) is 2. The van der Waals surface area contributed by atoms with Gasteiger partial charge in [-0.05, 0) is 42.0 Å². The topological polar surface area (TPSA) is 49.4 Å². The molecule has 4 nitrogen and oxygen atoms in total. The van der Waals surface area contributed by atoms with Crippen LogP contribution in [0, 0.1) is 5.92 Å². The predicted molar refractivity (Wildman–Crippen MR) is 123 cm³/mol. The van der Waals surface area contributed by atoms with Gasteiger partial charge in [0.05, 0.1) is 0 Å². The minimum absolute atomic E-state index is 0.00705. The average molecular weight is 429 g/mol. The Labute approximate surface area is 185 Å². The zero-order chi connectivity index (χ0) is 21.9. The fraction of sp³-hybridized carbons (Fsp3) is 0.440. The van der Waals surface area contributed by atoms with Gasteiger partial charge in [-0.1, -0.05) is 74.8 Å². The molecule has 0 spiro atoms. The van der Waals surface area contributed by atoms with Gasteiger partial charge in [-0.2, -0.15) is 0 Å². The SMILES string of the molecule is CCCC(=O)N(Cc1ccc(Cl)cc1)[C@@H](Cc1ccccc1)C(=O)NCCC(C)C. The van der Waals surface area contributed by atoms with Gasteiger partial charge in [0.15, 0.2) is 0 Å². The van der Waals surface area contributed by atoms with Crippen molar-refractivity contribution in [3.05, 3.63) is 70.7 Å². The van der Waals surface area contributed by atoms with Crippen molar-refractivity contribution in [2.45, 2.75) is 59.0 Å². The summed E-state index contributed by atoms with van der Waals surface area (Å²) < 4.78 is 0.